The highest BCUT2D eigenvalue weighted by molar-refractivity contribution is 6.35. The van der Waals surface area contributed by atoms with E-state index in [0.29, 0.717) is 10.1 Å². The quantitative estimate of drug-likeness (QED) is 0.491. The Labute approximate surface area is 166 Å². The number of carbonyl (C=O) groups is 2. The summed E-state index contributed by atoms with van der Waals surface area (Å²) in [4.78, 5) is 30.1. The maximum Gasteiger partial charge on any atom is 0.363 e. The smallest absolute Gasteiger partial charge is 0.363 e. The predicted molar refractivity (Wildman–Crippen MR) is 111 cm³/mol. The van der Waals surface area contributed by atoms with Gasteiger partial charge in [0.15, 0.2) is 13.3 Å². The molecule has 0 unspecified atom stereocenters. The van der Waals surface area contributed by atoms with Gasteiger partial charge in [0.1, 0.15) is 0 Å². The second kappa shape index (κ2) is 7.28. The normalized spacial score (nSPS) is 15.3. The van der Waals surface area contributed by atoms with Crippen LogP contribution in [0, 0.1) is 20.8 Å². The Bertz CT molecular complexity index is 964. The first-order valence-corrected chi connectivity index (χ1v) is 9.32. The predicted octanol–water partition coefficient (Wildman–Crippen LogP) is 3.03. The van der Waals surface area contributed by atoms with E-state index in [1.165, 1.54) is 4.90 Å². The zero-order chi connectivity index (χ0) is 20.6. The topological polar surface area (TPSA) is 62.4 Å². The number of aromatic nitrogens is 1. The van der Waals surface area contributed by atoms with Gasteiger partial charge in [-0.1, -0.05) is 12.1 Å². The number of H-pyrrole nitrogens is 1. The molecule has 1 N–H and O–H groups in total. The third kappa shape index (κ3) is 4.17. The second-order valence-corrected chi connectivity index (χ2v) is 8.45. The highest BCUT2D eigenvalue weighted by Gasteiger charge is 2.33. The number of fused-ring (bicyclic) bond motifs is 1. The summed E-state index contributed by atoms with van der Waals surface area (Å²) < 4.78 is 5.88. The molecule has 3 rings (SSSR count). The van der Waals surface area contributed by atoms with E-state index in [4.69, 9.17) is 4.74 Å². The number of nitrogens with zero attached hydrogens (tertiary/aromatic N) is 2. The summed E-state index contributed by atoms with van der Waals surface area (Å²) in [6.07, 6.45) is 1.88. The average molecular weight is 382 g/mol. The minimum absolute atomic E-state index is 0.0891. The molecular weight excluding hydrogens is 354 g/mol. The standard InChI is InChI=1S/C22H27N3O3/c1-14-7-8-17-18(11-19-15(2)10-16(3)23-19)22(27)24(20(17)9-14)13-28-21(26)12-25(4,5)6/h7-11H,12-13H2,1-6H3/p+1. The largest absolute Gasteiger partial charge is 0.440 e. The maximum atomic E-state index is 13.1. The molecule has 1 aromatic heterocycles. The highest BCUT2D eigenvalue weighted by Crippen LogP contribution is 2.38. The Morgan fingerprint density at radius 3 is 2.50 bits per heavy atom. The molecule has 0 bridgehead atoms. The monoisotopic (exact) mass is 382 g/mol. The molecule has 0 atom stereocenters. The summed E-state index contributed by atoms with van der Waals surface area (Å²) >= 11 is 0. The fraction of sp³-hybridized carbons (Fsp3) is 0.364. The molecule has 0 spiro atoms. The van der Waals surface area contributed by atoms with Crippen LogP contribution in [-0.4, -0.2) is 55.8 Å². The van der Waals surface area contributed by atoms with Crippen LogP contribution in [0.4, 0.5) is 5.69 Å². The zero-order valence-corrected chi connectivity index (χ0v) is 17.4. The Hall–Kier alpha value is -2.86. The summed E-state index contributed by atoms with van der Waals surface area (Å²) in [7, 11) is 5.76. The van der Waals surface area contributed by atoms with Gasteiger partial charge >= 0.3 is 5.97 Å². The number of rotatable bonds is 5. The number of hydrogen-bond acceptors (Lipinski definition) is 3. The van der Waals surface area contributed by atoms with Crippen LogP contribution in [-0.2, 0) is 14.3 Å². The molecule has 6 heteroatoms. The number of benzene rings is 1. The average Bonchev–Trinajstić information content (AvgIpc) is 3.01. The molecule has 6 nitrogen and oxygen atoms in total. The van der Waals surface area contributed by atoms with Gasteiger partial charge in [-0.15, -0.1) is 0 Å². The van der Waals surface area contributed by atoms with Crippen molar-refractivity contribution in [2.45, 2.75) is 20.8 Å². The summed E-state index contributed by atoms with van der Waals surface area (Å²) in [6.45, 7) is 6.13. The summed E-state index contributed by atoms with van der Waals surface area (Å²) in [5, 5.41) is 0. The van der Waals surface area contributed by atoms with Gasteiger partial charge in [-0.05, 0) is 50.1 Å². The van der Waals surface area contributed by atoms with Crippen molar-refractivity contribution in [1.82, 2.24) is 4.98 Å². The Morgan fingerprint density at radius 1 is 1.18 bits per heavy atom. The van der Waals surface area contributed by atoms with E-state index in [9.17, 15) is 9.59 Å². The first-order chi connectivity index (χ1) is 13.0. The number of ether oxygens (including phenoxy) is 1. The van der Waals surface area contributed by atoms with Gasteiger partial charge in [-0.25, -0.2) is 4.79 Å². The number of carbonyl (C=O) groups excluding carboxylic acids is 2. The second-order valence-electron chi connectivity index (χ2n) is 8.45. The number of nitrogens with one attached hydrogen (secondary N) is 1. The summed E-state index contributed by atoms with van der Waals surface area (Å²) in [5.41, 5.74) is 6.31. The van der Waals surface area contributed by atoms with Crippen molar-refractivity contribution in [3.63, 3.8) is 0 Å². The molecular formula is C22H28N3O3+. The fourth-order valence-corrected chi connectivity index (χ4v) is 3.34. The first-order valence-electron chi connectivity index (χ1n) is 9.32. The van der Waals surface area contributed by atoms with Crippen molar-refractivity contribution in [3.05, 3.63) is 52.3 Å². The van der Waals surface area contributed by atoms with Crippen LogP contribution in [0.2, 0.25) is 0 Å². The van der Waals surface area contributed by atoms with Gasteiger partial charge in [0, 0.05) is 17.0 Å². The molecule has 0 saturated heterocycles. The Balaban J connectivity index is 1.91. The molecule has 1 aliphatic rings. The fourth-order valence-electron chi connectivity index (χ4n) is 3.34. The first kappa shape index (κ1) is 19.9. The summed E-state index contributed by atoms with van der Waals surface area (Å²) in [6, 6.07) is 7.94. The molecule has 1 aromatic carbocycles. The minimum Gasteiger partial charge on any atom is -0.440 e. The van der Waals surface area contributed by atoms with Gasteiger partial charge in [-0.3, -0.25) is 9.69 Å². The number of anilines is 1. The van der Waals surface area contributed by atoms with Crippen molar-refractivity contribution < 1.29 is 18.8 Å². The van der Waals surface area contributed by atoms with E-state index in [-0.39, 0.29) is 25.2 Å². The van der Waals surface area contributed by atoms with E-state index >= 15 is 0 Å². The van der Waals surface area contributed by atoms with Crippen molar-refractivity contribution in [2.24, 2.45) is 0 Å². The Kier molecular flexibility index (Phi) is 5.17. The number of quaternary nitrogens is 1. The molecule has 2 heterocycles. The van der Waals surface area contributed by atoms with E-state index < -0.39 is 0 Å². The highest BCUT2D eigenvalue weighted by atomic mass is 16.5. The zero-order valence-electron chi connectivity index (χ0n) is 17.4. The van der Waals surface area contributed by atoms with Gasteiger partial charge < -0.3 is 14.2 Å². The number of aryl methyl sites for hydroxylation is 3. The summed E-state index contributed by atoms with van der Waals surface area (Å²) in [5.74, 6) is -0.493. The SMILES string of the molecule is Cc1ccc2c(c1)N(COC(=O)C[N+](C)(C)C)C(=O)/C2=C\c1[nH]c(C)cc1C. The lowest BCUT2D eigenvalue weighted by atomic mass is 10.0. The van der Waals surface area contributed by atoms with Gasteiger partial charge in [0.2, 0.25) is 0 Å². The molecule has 1 aliphatic heterocycles. The maximum absolute atomic E-state index is 13.1. The van der Waals surface area contributed by atoms with E-state index in [1.54, 1.807) is 0 Å². The molecule has 1 amide bonds. The van der Waals surface area contributed by atoms with Crippen LogP contribution in [0.5, 0.6) is 0 Å². The van der Waals surface area contributed by atoms with Crippen LogP contribution in [0.1, 0.15) is 28.1 Å². The number of hydrogen-bond donors (Lipinski definition) is 1. The van der Waals surface area contributed by atoms with Gasteiger partial charge in [0.05, 0.1) is 32.4 Å². The molecule has 2 aromatic rings. The van der Waals surface area contributed by atoms with Gasteiger partial charge in [-0.2, -0.15) is 0 Å². The molecule has 0 aliphatic carbocycles. The third-order valence-electron chi connectivity index (χ3n) is 4.65. The number of aromatic amines is 1. The lowest BCUT2D eigenvalue weighted by Crippen LogP contribution is -2.41. The lowest BCUT2D eigenvalue weighted by molar-refractivity contribution is -0.862. The molecule has 0 radical (unpaired) electrons. The molecule has 148 valence electrons. The van der Waals surface area contributed by atoms with Crippen LogP contribution in [0.15, 0.2) is 24.3 Å². The van der Waals surface area contributed by atoms with Gasteiger partial charge in [0.25, 0.3) is 5.91 Å². The van der Waals surface area contributed by atoms with E-state index in [0.717, 1.165) is 33.8 Å². The van der Waals surface area contributed by atoms with Crippen LogP contribution < -0.4 is 4.90 Å². The van der Waals surface area contributed by atoms with E-state index in [1.807, 2.05) is 72.3 Å². The van der Waals surface area contributed by atoms with Crippen molar-refractivity contribution in [3.8, 4) is 0 Å². The van der Waals surface area contributed by atoms with E-state index in [2.05, 4.69) is 4.98 Å². The molecule has 0 saturated carbocycles. The van der Waals surface area contributed by atoms with Crippen molar-refractivity contribution >= 4 is 29.2 Å². The number of amides is 1. The minimum atomic E-state index is -0.331. The van der Waals surface area contributed by atoms with Crippen molar-refractivity contribution in [2.75, 3.05) is 39.3 Å². The van der Waals surface area contributed by atoms with Crippen LogP contribution in [0.3, 0.4) is 0 Å². The molecule has 28 heavy (non-hydrogen) atoms. The van der Waals surface area contributed by atoms with Crippen LogP contribution >= 0.6 is 0 Å². The van der Waals surface area contributed by atoms with Crippen molar-refractivity contribution in [1.29, 1.82) is 0 Å². The number of esters is 1. The molecule has 0 fully saturated rings. The number of likely N-dealkylation sites (N-methyl/N-ethyl adjacent to an activating group) is 1. The Morgan fingerprint density at radius 2 is 1.89 bits per heavy atom. The third-order valence-corrected chi connectivity index (χ3v) is 4.65. The van der Waals surface area contributed by atoms with Crippen LogP contribution in [0.25, 0.3) is 11.6 Å². The lowest BCUT2D eigenvalue weighted by Gasteiger charge is -2.23.